The van der Waals surface area contributed by atoms with E-state index in [9.17, 15) is 9.59 Å². The fourth-order valence-corrected chi connectivity index (χ4v) is 6.00. The van der Waals surface area contributed by atoms with E-state index in [1.54, 1.807) is 0 Å². The summed E-state index contributed by atoms with van der Waals surface area (Å²) in [5.74, 6) is 0. The first-order chi connectivity index (χ1) is 23.9. The average molecular weight is 679 g/mol. The number of anilines is 2. The molecule has 4 amide bonds. The molecule has 8 nitrogen and oxygen atoms in total. The molecule has 2 aromatic carbocycles. The standard InChI is InChI=1S/C41H70N6O2/c1-5-7-9-11-13-15-17-31-46(3)33-19-29-42-40(48)44-38-25-21-36(22-26-38)35-37-23-27-39(28-24-37)45-41(49)43-30-20-34-47(4)32-18-16-14-12-10-8-6-2/h21-28H,5-20,29-35H2,1-4H3,(H2,42,44,48)(H2,43,45,49). The predicted octanol–water partition coefficient (Wildman–Crippen LogP) is 9.67. The molecule has 0 bridgehead atoms. The number of amides is 4. The van der Waals surface area contributed by atoms with Crippen molar-refractivity contribution in [2.45, 2.75) is 123 Å². The van der Waals surface area contributed by atoms with E-state index >= 15 is 0 Å². The Labute approximate surface area is 299 Å². The van der Waals surface area contributed by atoms with Gasteiger partial charge in [0.2, 0.25) is 0 Å². The molecular formula is C41H70N6O2. The minimum atomic E-state index is -0.166. The van der Waals surface area contributed by atoms with Crippen molar-refractivity contribution in [1.29, 1.82) is 0 Å². The van der Waals surface area contributed by atoms with Gasteiger partial charge in [0.05, 0.1) is 0 Å². The Morgan fingerprint density at radius 3 is 1.16 bits per heavy atom. The summed E-state index contributed by atoms with van der Waals surface area (Å²) < 4.78 is 0. The summed E-state index contributed by atoms with van der Waals surface area (Å²) in [6.45, 7) is 10.1. The van der Waals surface area contributed by atoms with Gasteiger partial charge in [0.1, 0.15) is 0 Å². The van der Waals surface area contributed by atoms with Gasteiger partial charge in [-0.2, -0.15) is 0 Å². The molecule has 0 aromatic heterocycles. The van der Waals surface area contributed by atoms with Crippen molar-refractivity contribution in [2.75, 3.05) is 64.0 Å². The zero-order valence-corrected chi connectivity index (χ0v) is 31.6. The highest BCUT2D eigenvalue weighted by molar-refractivity contribution is 5.89. The van der Waals surface area contributed by atoms with Gasteiger partial charge in [-0.15, -0.1) is 0 Å². The van der Waals surface area contributed by atoms with Gasteiger partial charge in [0.25, 0.3) is 0 Å². The fourth-order valence-electron chi connectivity index (χ4n) is 6.00. The van der Waals surface area contributed by atoms with Crippen LogP contribution in [0.3, 0.4) is 0 Å². The Hall–Kier alpha value is -3.10. The molecule has 0 unspecified atom stereocenters. The van der Waals surface area contributed by atoms with Crippen LogP contribution in [0, 0.1) is 0 Å². The molecule has 0 heterocycles. The third-order valence-electron chi connectivity index (χ3n) is 9.12. The average Bonchev–Trinajstić information content (AvgIpc) is 3.09. The molecule has 0 fully saturated rings. The van der Waals surface area contributed by atoms with Crippen LogP contribution < -0.4 is 21.3 Å². The first-order valence-corrected chi connectivity index (χ1v) is 19.5. The first kappa shape index (κ1) is 42.1. The number of benzene rings is 2. The van der Waals surface area contributed by atoms with E-state index in [-0.39, 0.29) is 12.1 Å². The summed E-state index contributed by atoms with van der Waals surface area (Å²) >= 11 is 0. The molecule has 49 heavy (non-hydrogen) atoms. The molecule has 2 rings (SSSR count). The van der Waals surface area contributed by atoms with Gasteiger partial charge in [-0.25, -0.2) is 9.59 Å². The van der Waals surface area contributed by atoms with Crippen molar-refractivity contribution in [2.24, 2.45) is 0 Å². The van der Waals surface area contributed by atoms with E-state index in [2.05, 4.69) is 59.0 Å². The number of rotatable bonds is 28. The number of nitrogens with one attached hydrogen (secondary N) is 4. The van der Waals surface area contributed by atoms with E-state index in [1.165, 1.54) is 89.9 Å². The van der Waals surface area contributed by atoms with E-state index in [4.69, 9.17) is 0 Å². The second-order valence-corrected chi connectivity index (χ2v) is 13.9. The third kappa shape index (κ3) is 22.3. The lowest BCUT2D eigenvalue weighted by molar-refractivity contribution is 0.250. The van der Waals surface area contributed by atoms with Crippen LogP contribution in [0.5, 0.6) is 0 Å². The lowest BCUT2D eigenvalue weighted by Crippen LogP contribution is -2.31. The largest absolute Gasteiger partial charge is 0.338 e. The van der Waals surface area contributed by atoms with Crippen LogP contribution in [0.15, 0.2) is 48.5 Å². The van der Waals surface area contributed by atoms with Crippen LogP contribution in [-0.2, 0) is 6.42 Å². The monoisotopic (exact) mass is 679 g/mol. The van der Waals surface area contributed by atoms with Crippen molar-refractivity contribution in [3.8, 4) is 0 Å². The topological polar surface area (TPSA) is 88.7 Å². The highest BCUT2D eigenvalue weighted by atomic mass is 16.2. The van der Waals surface area contributed by atoms with Crippen molar-refractivity contribution in [3.05, 3.63) is 59.7 Å². The molecule has 276 valence electrons. The molecule has 4 N–H and O–H groups in total. The van der Waals surface area contributed by atoms with Crippen LogP contribution in [0.2, 0.25) is 0 Å². The molecule has 0 aliphatic carbocycles. The van der Waals surface area contributed by atoms with Crippen LogP contribution >= 0.6 is 0 Å². The van der Waals surface area contributed by atoms with Crippen LogP contribution in [0.25, 0.3) is 0 Å². The van der Waals surface area contributed by atoms with Crippen molar-refractivity contribution in [1.82, 2.24) is 20.4 Å². The molecule has 0 aliphatic rings. The molecule has 0 spiro atoms. The highest BCUT2D eigenvalue weighted by Gasteiger charge is 2.06. The van der Waals surface area contributed by atoms with Gasteiger partial charge in [0, 0.05) is 24.5 Å². The molecule has 0 atom stereocenters. The zero-order valence-electron chi connectivity index (χ0n) is 31.6. The summed E-state index contributed by atoms with van der Waals surface area (Å²) in [4.78, 5) is 29.5. The molecule has 8 heteroatoms. The number of hydrogen-bond donors (Lipinski definition) is 4. The molecule has 0 saturated carbocycles. The second-order valence-electron chi connectivity index (χ2n) is 13.9. The van der Waals surface area contributed by atoms with Gasteiger partial charge < -0.3 is 31.1 Å². The number of hydrogen-bond acceptors (Lipinski definition) is 4. The Morgan fingerprint density at radius 2 is 0.796 bits per heavy atom. The van der Waals surface area contributed by atoms with Gasteiger partial charge in [-0.05, 0) is 108 Å². The molecule has 0 aliphatic heterocycles. The minimum absolute atomic E-state index is 0.166. The van der Waals surface area contributed by atoms with E-state index < -0.39 is 0 Å². The SMILES string of the molecule is CCCCCCCCCN(C)CCCNC(=O)Nc1ccc(Cc2ccc(NC(=O)NCCCN(C)CCCCCCCCC)cc2)cc1. The zero-order chi connectivity index (χ0) is 35.4. The summed E-state index contributed by atoms with van der Waals surface area (Å²) in [6, 6.07) is 15.6. The van der Waals surface area contributed by atoms with E-state index in [0.29, 0.717) is 13.1 Å². The lowest BCUT2D eigenvalue weighted by atomic mass is 10.0. The summed E-state index contributed by atoms with van der Waals surface area (Å²) in [6.07, 6.45) is 21.3. The number of nitrogens with zero attached hydrogens (tertiary/aromatic N) is 2. The molecule has 0 saturated heterocycles. The maximum atomic E-state index is 12.4. The lowest BCUT2D eigenvalue weighted by Gasteiger charge is -2.16. The Morgan fingerprint density at radius 1 is 0.469 bits per heavy atom. The fraction of sp³-hybridized carbons (Fsp3) is 0.659. The summed E-state index contributed by atoms with van der Waals surface area (Å²) in [5.41, 5.74) is 3.88. The first-order valence-electron chi connectivity index (χ1n) is 19.5. The van der Waals surface area contributed by atoms with Gasteiger partial charge in [-0.1, -0.05) is 115 Å². The number of urea groups is 2. The minimum Gasteiger partial charge on any atom is -0.338 e. The highest BCUT2D eigenvalue weighted by Crippen LogP contribution is 2.16. The van der Waals surface area contributed by atoms with Crippen molar-refractivity contribution < 1.29 is 9.59 Å². The Kier molecular flexibility index (Phi) is 23.8. The van der Waals surface area contributed by atoms with Crippen LogP contribution in [0.4, 0.5) is 21.0 Å². The number of unbranched alkanes of at least 4 members (excludes halogenated alkanes) is 12. The summed E-state index contributed by atoms with van der Waals surface area (Å²) in [5, 5.41) is 11.8. The van der Waals surface area contributed by atoms with E-state index in [0.717, 1.165) is 67.9 Å². The summed E-state index contributed by atoms with van der Waals surface area (Å²) in [7, 11) is 4.34. The maximum Gasteiger partial charge on any atom is 0.319 e. The number of carbonyl (C=O) groups is 2. The Balaban J connectivity index is 1.54. The Bertz CT molecular complexity index is 1020. The third-order valence-corrected chi connectivity index (χ3v) is 9.12. The van der Waals surface area contributed by atoms with Gasteiger partial charge in [0.15, 0.2) is 0 Å². The van der Waals surface area contributed by atoms with E-state index in [1.807, 2.05) is 48.5 Å². The van der Waals surface area contributed by atoms with Gasteiger partial charge >= 0.3 is 12.1 Å². The number of carbonyl (C=O) groups excluding carboxylic acids is 2. The normalized spacial score (nSPS) is 11.2. The van der Waals surface area contributed by atoms with Crippen LogP contribution in [0.1, 0.15) is 128 Å². The van der Waals surface area contributed by atoms with Crippen molar-refractivity contribution in [3.63, 3.8) is 0 Å². The second kappa shape index (κ2) is 27.7. The quantitative estimate of drug-likeness (QED) is 0.0675. The molecular weight excluding hydrogens is 608 g/mol. The van der Waals surface area contributed by atoms with Gasteiger partial charge in [-0.3, -0.25) is 0 Å². The predicted molar refractivity (Wildman–Crippen MR) is 210 cm³/mol. The van der Waals surface area contributed by atoms with Crippen LogP contribution in [-0.4, -0.2) is 75.2 Å². The maximum absolute atomic E-state index is 12.4. The molecule has 0 radical (unpaired) electrons. The smallest absolute Gasteiger partial charge is 0.319 e. The molecule has 2 aromatic rings. The van der Waals surface area contributed by atoms with Crippen molar-refractivity contribution >= 4 is 23.4 Å².